The third kappa shape index (κ3) is 6.12. The minimum atomic E-state index is -0.0392. The number of nitrogen functional groups attached to an aromatic ring is 1. The van der Waals surface area contributed by atoms with Crippen LogP contribution in [0.15, 0.2) is 48.5 Å². The quantitative estimate of drug-likeness (QED) is 0.739. The molecule has 3 N–H and O–H groups in total. The van der Waals surface area contributed by atoms with Gasteiger partial charge in [-0.1, -0.05) is 24.3 Å². The Balaban J connectivity index is 0.00000196. The Morgan fingerprint density at radius 2 is 1.64 bits per heavy atom. The van der Waals surface area contributed by atoms with Gasteiger partial charge in [-0.05, 0) is 36.8 Å². The van der Waals surface area contributed by atoms with Crippen molar-refractivity contribution in [1.29, 1.82) is 0 Å². The van der Waals surface area contributed by atoms with E-state index < -0.39 is 0 Å². The lowest BCUT2D eigenvalue weighted by molar-refractivity contribution is -0.117. The molecule has 2 aromatic rings. The van der Waals surface area contributed by atoms with Crippen LogP contribution < -0.4 is 11.1 Å². The highest BCUT2D eigenvalue weighted by atomic mass is 35.5. The molecular weight excluding hydrogens is 399 g/mol. The highest BCUT2D eigenvalue weighted by Crippen LogP contribution is 2.16. The molecule has 8 heteroatoms. The zero-order chi connectivity index (χ0) is 18.5. The number of piperazine rings is 1. The zero-order valence-electron chi connectivity index (χ0n) is 15.8. The van der Waals surface area contributed by atoms with Gasteiger partial charge in [-0.25, -0.2) is 0 Å². The predicted molar refractivity (Wildman–Crippen MR) is 118 cm³/mol. The smallest absolute Gasteiger partial charge is 0.254 e. The van der Waals surface area contributed by atoms with Crippen molar-refractivity contribution in [3.8, 4) is 0 Å². The molecule has 6 nitrogen and oxygen atoms in total. The summed E-state index contributed by atoms with van der Waals surface area (Å²) in [6, 6.07) is 14.8. The summed E-state index contributed by atoms with van der Waals surface area (Å²) in [4.78, 5) is 28.8. The molecule has 1 aliphatic rings. The molecule has 0 unspecified atom stereocenters. The van der Waals surface area contributed by atoms with Gasteiger partial charge in [0.25, 0.3) is 5.91 Å². The number of nitrogens with zero attached hydrogens (tertiary/aromatic N) is 2. The Morgan fingerprint density at radius 1 is 1.00 bits per heavy atom. The van der Waals surface area contributed by atoms with E-state index in [9.17, 15) is 9.59 Å². The van der Waals surface area contributed by atoms with Crippen molar-refractivity contribution in [2.45, 2.75) is 6.92 Å². The Kier molecular flexibility index (Phi) is 9.25. The molecule has 152 valence electrons. The summed E-state index contributed by atoms with van der Waals surface area (Å²) in [5.41, 5.74) is 8.78. The van der Waals surface area contributed by atoms with Gasteiger partial charge in [-0.2, -0.15) is 0 Å². The molecule has 0 aromatic heterocycles. The molecule has 1 fully saturated rings. The molecule has 0 radical (unpaired) electrons. The van der Waals surface area contributed by atoms with Gasteiger partial charge >= 0.3 is 0 Å². The lowest BCUT2D eigenvalue weighted by Gasteiger charge is -2.34. The van der Waals surface area contributed by atoms with E-state index in [1.807, 2.05) is 48.2 Å². The van der Waals surface area contributed by atoms with Gasteiger partial charge in [0.05, 0.1) is 6.54 Å². The first-order valence-electron chi connectivity index (χ1n) is 8.75. The van der Waals surface area contributed by atoms with Gasteiger partial charge in [-0.3, -0.25) is 14.5 Å². The van der Waals surface area contributed by atoms with Crippen LogP contribution >= 0.6 is 24.8 Å². The van der Waals surface area contributed by atoms with E-state index in [1.165, 1.54) is 0 Å². The predicted octanol–water partition coefficient (Wildman–Crippen LogP) is 2.82. The molecular formula is C20H26Cl2N4O2. The number of halogens is 2. The summed E-state index contributed by atoms with van der Waals surface area (Å²) in [6.45, 7) is 4.80. The van der Waals surface area contributed by atoms with Gasteiger partial charge in [0.15, 0.2) is 0 Å². The maximum absolute atomic E-state index is 12.7. The molecule has 0 saturated carbocycles. The molecule has 0 atom stereocenters. The van der Waals surface area contributed by atoms with Crippen LogP contribution in [0.2, 0.25) is 0 Å². The van der Waals surface area contributed by atoms with E-state index in [4.69, 9.17) is 5.73 Å². The Hall–Kier alpha value is -2.28. The molecule has 28 heavy (non-hydrogen) atoms. The Labute approximate surface area is 177 Å². The first kappa shape index (κ1) is 23.8. The number of aryl methyl sites for hydroxylation is 1. The Morgan fingerprint density at radius 3 is 2.29 bits per heavy atom. The number of benzene rings is 2. The number of hydrogen-bond acceptors (Lipinski definition) is 4. The second-order valence-electron chi connectivity index (χ2n) is 6.56. The van der Waals surface area contributed by atoms with E-state index in [2.05, 4.69) is 10.2 Å². The van der Waals surface area contributed by atoms with Crippen LogP contribution in [0, 0.1) is 6.92 Å². The van der Waals surface area contributed by atoms with Crippen LogP contribution in [0.25, 0.3) is 0 Å². The molecule has 1 heterocycles. The third-order valence-electron chi connectivity index (χ3n) is 4.58. The van der Waals surface area contributed by atoms with Gasteiger partial charge in [0.2, 0.25) is 5.91 Å². The molecule has 2 amide bonds. The maximum atomic E-state index is 12.7. The molecule has 3 rings (SSSR count). The van der Waals surface area contributed by atoms with Crippen LogP contribution in [0.4, 0.5) is 11.4 Å². The molecule has 1 aliphatic heterocycles. The van der Waals surface area contributed by atoms with Gasteiger partial charge < -0.3 is 16.0 Å². The summed E-state index contributed by atoms with van der Waals surface area (Å²) in [5.74, 6) is -0.0363. The van der Waals surface area contributed by atoms with Crippen molar-refractivity contribution >= 4 is 48.0 Å². The lowest BCUT2D eigenvalue weighted by atomic mass is 10.1. The number of nitrogens with one attached hydrogen (secondary N) is 1. The minimum absolute atomic E-state index is 0. The molecule has 2 aromatic carbocycles. The van der Waals surface area contributed by atoms with Crippen LogP contribution in [-0.2, 0) is 4.79 Å². The monoisotopic (exact) mass is 424 g/mol. The number of carbonyl (C=O) groups is 2. The van der Waals surface area contributed by atoms with E-state index in [-0.39, 0.29) is 36.6 Å². The van der Waals surface area contributed by atoms with E-state index >= 15 is 0 Å². The van der Waals surface area contributed by atoms with Crippen molar-refractivity contribution in [1.82, 2.24) is 9.80 Å². The number of nitrogens with two attached hydrogens (primary N) is 1. The summed E-state index contributed by atoms with van der Waals surface area (Å²) in [6.07, 6.45) is 0. The molecule has 1 saturated heterocycles. The third-order valence-corrected chi connectivity index (χ3v) is 4.58. The minimum Gasteiger partial charge on any atom is -0.399 e. The number of para-hydroxylation sites is 1. The van der Waals surface area contributed by atoms with E-state index in [0.29, 0.717) is 44.0 Å². The van der Waals surface area contributed by atoms with Crippen molar-refractivity contribution in [2.75, 3.05) is 43.8 Å². The number of amides is 2. The van der Waals surface area contributed by atoms with Crippen molar-refractivity contribution in [3.05, 3.63) is 59.7 Å². The standard InChI is InChI=1S/C20H24N4O2.2ClH/c1-15-7-8-16(21)13-18(15)20(26)24-11-9-23(10-12-24)14-19(25)22-17-5-3-2-4-6-17;;/h2-8,13H,9-12,14,21H2,1H3,(H,22,25);2*1H. The van der Waals surface area contributed by atoms with Gasteiger partial charge in [-0.15, -0.1) is 24.8 Å². The SMILES string of the molecule is Cc1ccc(N)cc1C(=O)N1CCN(CC(=O)Nc2ccccc2)CC1.Cl.Cl. The number of anilines is 2. The Bertz CT molecular complexity index is 794. The second kappa shape index (κ2) is 10.9. The summed E-state index contributed by atoms with van der Waals surface area (Å²) in [7, 11) is 0. The van der Waals surface area contributed by atoms with Crippen molar-refractivity contribution in [3.63, 3.8) is 0 Å². The fourth-order valence-corrected chi connectivity index (χ4v) is 3.07. The summed E-state index contributed by atoms with van der Waals surface area (Å²) >= 11 is 0. The molecule has 0 aliphatic carbocycles. The lowest BCUT2D eigenvalue weighted by Crippen LogP contribution is -2.50. The van der Waals surface area contributed by atoms with E-state index in [1.54, 1.807) is 12.1 Å². The fraction of sp³-hybridized carbons (Fsp3) is 0.300. The number of carbonyl (C=O) groups excluding carboxylic acids is 2. The first-order valence-corrected chi connectivity index (χ1v) is 8.75. The second-order valence-corrected chi connectivity index (χ2v) is 6.56. The summed E-state index contributed by atoms with van der Waals surface area (Å²) in [5, 5.41) is 2.89. The average Bonchev–Trinajstić information content (AvgIpc) is 2.64. The topological polar surface area (TPSA) is 78.7 Å². The van der Waals surface area contributed by atoms with E-state index in [0.717, 1.165) is 11.3 Å². The molecule has 0 spiro atoms. The highest BCUT2D eigenvalue weighted by molar-refractivity contribution is 5.96. The highest BCUT2D eigenvalue weighted by Gasteiger charge is 2.24. The first-order chi connectivity index (χ1) is 12.5. The van der Waals surface area contributed by atoms with Crippen molar-refractivity contribution in [2.24, 2.45) is 0 Å². The van der Waals surface area contributed by atoms with Gasteiger partial charge in [0, 0.05) is 43.1 Å². The maximum Gasteiger partial charge on any atom is 0.254 e. The van der Waals surface area contributed by atoms with Crippen LogP contribution in [0.1, 0.15) is 15.9 Å². The summed E-state index contributed by atoms with van der Waals surface area (Å²) < 4.78 is 0. The fourth-order valence-electron chi connectivity index (χ4n) is 3.07. The number of rotatable bonds is 4. The van der Waals surface area contributed by atoms with Gasteiger partial charge in [0.1, 0.15) is 0 Å². The van der Waals surface area contributed by atoms with Crippen LogP contribution in [0.3, 0.4) is 0 Å². The molecule has 0 bridgehead atoms. The normalized spacial score (nSPS) is 13.8. The van der Waals surface area contributed by atoms with Crippen LogP contribution in [-0.4, -0.2) is 54.3 Å². The van der Waals surface area contributed by atoms with Crippen molar-refractivity contribution < 1.29 is 9.59 Å². The average molecular weight is 425 g/mol. The number of hydrogen-bond donors (Lipinski definition) is 2. The van der Waals surface area contributed by atoms with Crippen LogP contribution in [0.5, 0.6) is 0 Å². The largest absolute Gasteiger partial charge is 0.399 e. The zero-order valence-corrected chi connectivity index (χ0v) is 17.4.